The summed E-state index contributed by atoms with van der Waals surface area (Å²) in [4.78, 5) is 1.78. The summed E-state index contributed by atoms with van der Waals surface area (Å²) in [6.45, 7) is 4.22. The first-order valence-corrected chi connectivity index (χ1v) is 4.94. The van der Waals surface area contributed by atoms with E-state index in [4.69, 9.17) is 10.5 Å². The Morgan fingerprint density at radius 1 is 1.25 bits per heavy atom. The summed E-state index contributed by atoms with van der Waals surface area (Å²) in [7, 11) is 1.80. The van der Waals surface area contributed by atoms with E-state index in [9.17, 15) is 0 Å². The zero-order valence-corrected chi connectivity index (χ0v) is 9.65. The van der Waals surface area contributed by atoms with E-state index in [1.165, 1.54) is 0 Å². The van der Waals surface area contributed by atoms with Crippen LogP contribution in [0.1, 0.15) is 23.2 Å². The molecule has 0 aliphatic heterocycles. The van der Waals surface area contributed by atoms with Gasteiger partial charge in [0.1, 0.15) is 11.6 Å². The van der Waals surface area contributed by atoms with Crippen molar-refractivity contribution in [3.05, 3.63) is 16.8 Å². The van der Waals surface area contributed by atoms with Gasteiger partial charge in [-0.1, -0.05) is 0 Å². The van der Waals surface area contributed by atoms with Gasteiger partial charge in [-0.05, 0) is 19.4 Å². The Balaban J connectivity index is 3.11. The molecule has 0 spiro atoms. The Bertz CT molecular complexity index is 466. The smallest absolute Gasteiger partial charge is 0.169 e. The maximum atomic E-state index is 9.09. The van der Waals surface area contributed by atoms with Crippen LogP contribution in [0.15, 0.2) is 0 Å². The molecular formula is C11H13N5. The minimum Gasteiger partial charge on any atom is -0.356 e. The third-order valence-electron chi connectivity index (χ3n) is 2.47. The molecule has 5 heteroatoms. The van der Waals surface area contributed by atoms with E-state index in [1.54, 1.807) is 11.9 Å². The zero-order chi connectivity index (χ0) is 12.1. The van der Waals surface area contributed by atoms with Crippen LogP contribution in [0.5, 0.6) is 0 Å². The molecule has 0 fully saturated rings. The molecule has 1 aromatic rings. The van der Waals surface area contributed by atoms with Gasteiger partial charge in [-0.15, -0.1) is 5.10 Å². The molecule has 0 amide bonds. The van der Waals surface area contributed by atoms with Crippen LogP contribution in [-0.4, -0.2) is 23.8 Å². The Morgan fingerprint density at radius 3 is 2.50 bits per heavy atom. The molecule has 0 aromatic carbocycles. The second-order valence-corrected chi connectivity index (χ2v) is 3.55. The molecule has 82 valence electrons. The fourth-order valence-corrected chi connectivity index (χ4v) is 1.32. The van der Waals surface area contributed by atoms with Gasteiger partial charge in [0.15, 0.2) is 5.82 Å². The lowest BCUT2D eigenvalue weighted by Gasteiger charge is -2.18. The third-order valence-corrected chi connectivity index (χ3v) is 2.47. The van der Waals surface area contributed by atoms with Gasteiger partial charge < -0.3 is 4.90 Å². The van der Waals surface area contributed by atoms with Crippen LogP contribution in [0.2, 0.25) is 0 Å². The summed E-state index contributed by atoms with van der Waals surface area (Å²) in [6.07, 6.45) is 0.399. The molecule has 16 heavy (non-hydrogen) atoms. The predicted octanol–water partition coefficient (Wildman–Crippen LogP) is 1.31. The second-order valence-electron chi connectivity index (χ2n) is 3.55. The topological polar surface area (TPSA) is 76.6 Å². The van der Waals surface area contributed by atoms with Crippen LogP contribution >= 0.6 is 0 Å². The van der Waals surface area contributed by atoms with E-state index >= 15 is 0 Å². The molecule has 0 aliphatic carbocycles. The molecule has 5 nitrogen and oxygen atoms in total. The molecule has 0 saturated heterocycles. The van der Waals surface area contributed by atoms with Crippen molar-refractivity contribution in [2.24, 2.45) is 0 Å². The Hall–Kier alpha value is -2.14. The van der Waals surface area contributed by atoms with Crippen molar-refractivity contribution in [3.63, 3.8) is 0 Å². The largest absolute Gasteiger partial charge is 0.356 e. The molecule has 0 N–H and O–H groups in total. The van der Waals surface area contributed by atoms with Crippen molar-refractivity contribution in [2.75, 3.05) is 18.5 Å². The standard InChI is InChI=1S/C11H13N5/c1-8-9(2)14-15-11(10(8)7-13)16(3)6-4-5-12/h4,6H2,1-3H3. The fraction of sp³-hybridized carbons (Fsp3) is 0.455. The molecule has 1 rings (SSSR count). The van der Waals surface area contributed by atoms with Gasteiger partial charge >= 0.3 is 0 Å². The van der Waals surface area contributed by atoms with Gasteiger partial charge in [-0.25, -0.2) is 0 Å². The normalized spacial score (nSPS) is 9.31. The molecule has 0 bridgehead atoms. The molecule has 0 saturated carbocycles. The third kappa shape index (κ3) is 2.26. The van der Waals surface area contributed by atoms with E-state index in [0.717, 1.165) is 11.3 Å². The number of hydrogen-bond acceptors (Lipinski definition) is 5. The van der Waals surface area contributed by atoms with Gasteiger partial charge in [0, 0.05) is 13.6 Å². The van der Waals surface area contributed by atoms with Crippen LogP contribution in [-0.2, 0) is 0 Å². The van der Waals surface area contributed by atoms with Crippen molar-refractivity contribution in [2.45, 2.75) is 20.3 Å². The summed E-state index contributed by atoms with van der Waals surface area (Å²) in [6, 6.07) is 4.19. The number of nitriles is 2. The first kappa shape index (κ1) is 11.9. The molecule has 0 atom stereocenters. The van der Waals surface area contributed by atoms with Crippen LogP contribution in [0, 0.1) is 36.5 Å². The van der Waals surface area contributed by atoms with Gasteiger partial charge in [-0.2, -0.15) is 15.6 Å². The summed E-state index contributed by atoms with van der Waals surface area (Å²) < 4.78 is 0. The summed E-state index contributed by atoms with van der Waals surface area (Å²) in [5, 5.41) is 25.6. The predicted molar refractivity (Wildman–Crippen MR) is 59.7 cm³/mol. The van der Waals surface area contributed by atoms with E-state index in [2.05, 4.69) is 22.3 Å². The number of hydrogen-bond donors (Lipinski definition) is 0. The van der Waals surface area contributed by atoms with Gasteiger partial charge in [-0.3, -0.25) is 0 Å². The summed E-state index contributed by atoms with van der Waals surface area (Å²) in [5.41, 5.74) is 2.14. The fourth-order valence-electron chi connectivity index (χ4n) is 1.32. The lowest BCUT2D eigenvalue weighted by Crippen LogP contribution is -2.21. The lowest BCUT2D eigenvalue weighted by atomic mass is 10.1. The summed E-state index contributed by atoms with van der Waals surface area (Å²) >= 11 is 0. The Morgan fingerprint density at radius 2 is 1.94 bits per heavy atom. The average Bonchev–Trinajstić information content (AvgIpc) is 2.29. The molecule has 1 heterocycles. The maximum Gasteiger partial charge on any atom is 0.169 e. The van der Waals surface area contributed by atoms with Crippen molar-refractivity contribution >= 4 is 5.82 Å². The average molecular weight is 215 g/mol. The lowest BCUT2D eigenvalue weighted by molar-refractivity contribution is 0.841. The van der Waals surface area contributed by atoms with Crippen molar-refractivity contribution in [1.82, 2.24) is 10.2 Å². The molecule has 0 aliphatic rings. The molecule has 0 unspecified atom stereocenters. The van der Waals surface area contributed by atoms with Gasteiger partial charge in [0.2, 0.25) is 0 Å². The highest BCUT2D eigenvalue weighted by molar-refractivity contribution is 5.57. The number of nitrogens with zero attached hydrogens (tertiary/aromatic N) is 5. The minimum absolute atomic E-state index is 0.399. The van der Waals surface area contributed by atoms with Crippen molar-refractivity contribution < 1.29 is 0 Å². The highest BCUT2D eigenvalue weighted by atomic mass is 15.2. The molecule has 1 aromatic heterocycles. The van der Waals surface area contributed by atoms with E-state index in [0.29, 0.717) is 24.3 Å². The monoisotopic (exact) mass is 215 g/mol. The van der Waals surface area contributed by atoms with E-state index in [1.807, 2.05) is 13.8 Å². The maximum absolute atomic E-state index is 9.09. The summed E-state index contributed by atoms with van der Waals surface area (Å²) in [5.74, 6) is 0.542. The first-order chi connectivity index (χ1) is 7.61. The minimum atomic E-state index is 0.399. The van der Waals surface area contributed by atoms with Crippen LogP contribution in [0.3, 0.4) is 0 Å². The van der Waals surface area contributed by atoms with Gasteiger partial charge in [0.25, 0.3) is 0 Å². The van der Waals surface area contributed by atoms with E-state index < -0.39 is 0 Å². The number of aromatic nitrogens is 2. The zero-order valence-electron chi connectivity index (χ0n) is 9.65. The SMILES string of the molecule is Cc1nnc(N(C)CCC#N)c(C#N)c1C. The number of rotatable bonds is 3. The molecular weight excluding hydrogens is 202 g/mol. The van der Waals surface area contributed by atoms with Crippen LogP contribution in [0.25, 0.3) is 0 Å². The van der Waals surface area contributed by atoms with Gasteiger partial charge in [0.05, 0.1) is 18.2 Å². The highest BCUT2D eigenvalue weighted by Crippen LogP contribution is 2.19. The number of anilines is 1. The highest BCUT2D eigenvalue weighted by Gasteiger charge is 2.13. The van der Waals surface area contributed by atoms with Crippen LogP contribution < -0.4 is 4.90 Å². The van der Waals surface area contributed by atoms with E-state index in [-0.39, 0.29) is 0 Å². The molecule has 0 radical (unpaired) electrons. The Labute approximate surface area is 94.9 Å². The van der Waals surface area contributed by atoms with Crippen LogP contribution in [0.4, 0.5) is 5.82 Å². The second kappa shape index (κ2) is 5.09. The van der Waals surface area contributed by atoms with Crippen molar-refractivity contribution in [1.29, 1.82) is 10.5 Å². The quantitative estimate of drug-likeness (QED) is 0.759. The first-order valence-electron chi connectivity index (χ1n) is 4.94. The Kier molecular flexibility index (Phi) is 3.79. The van der Waals surface area contributed by atoms with Crippen molar-refractivity contribution in [3.8, 4) is 12.1 Å². The number of aryl methyl sites for hydroxylation is 1.